The van der Waals surface area contributed by atoms with Crippen LogP contribution in [0.2, 0.25) is 0 Å². The third-order valence-electron chi connectivity index (χ3n) is 3.52. The fourth-order valence-corrected chi connectivity index (χ4v) is 2.44. The monoisotopic (exact) mass is 304 g/mol. The van der Waals surface area contributed by atoms with Crippen LogP contribution in [0.1, 0.15) is 5.69 Å². The molecule has 0 saturated heterocycles. The van der Waals surface area contributed by atoms with Crippen LogP contribution >= 0.6 is 0 Å². The van der Waals surface area contributed by atoms with E-state index in [1.54, 1.807) is 12.4 Å². The minimum atomic E-state index is -0.527. The lowest BCUT2D eigenvalue weighted by molar-refractivity contribution is 0.492. The van der Waals surface area contributed by atoms with Crippen LogP contribution in [0, 0.1) is 0 Å². The standard InChI is InChI=1S/C17H12N4O2/c22-17-21(11-13-6-3-4-9-18-13)20-16(23-17)15-14-7-2-1-5-12(14)8-10-19-15/h1-10H,11H2. The molecule has 6 nitrogen and oxygen atoms in total. The van der Waals surface area contributed by atoms with Crippen LogP contribution in [0.25, 0.3) is 22.4 Å². The van der Waals surface area contributed by atoms with Crippen LogP contribution in [0.5, 0.6) is 0 Å². The van der Waals surface area contributed by atoms with Gasteiger partial charge in [-0.1, -0.05) is 30.3 Å². The highest BCUT2D eigenvalue weighted by Gasteiger charge is 2.14. The summed E-state index contributed by atoms with van der Waals surface area (Å²) in [5.74, 6) is -0.317. The van der Waals surface area contributed by atoms with Crippen LogP contribution in [0.4, 0.5) is 0 Å². The summed E-state index contributed by atoms with van der Waals surface area (Å²) in [7, 11) is 0. The van der Waals surface area contributed by atoms with Crippen molar-refractivity contribution in [3.8, 4) is 11.6 Å². The first kappa shape index (κ1) is 13.4. The Balaban J connectivity index is 1.78. The molecule has 23 heavy (non-hydrogen) atoms. The Hall–Kier alpha value is -3.28. The normalized spacial score (nSPS) is 11.0. The van der Waals surface area contributed by atoms with Gasteiger partial charge in [0, 0.05) is 17.8 Å². The zero-order valence-corrected chi connectivity index (χ0v) is 12.1. The average Bonchev–Trinajstić information content (AvgIpc) is 2.96. The third kappa shape index (κ3) is 2.50. The van der Waals surface area contributed by atoms with Crippen molar-refractivity contribution in [3.05, 3.63) is 77.2 Å². The van der Waals surface area contributed by atoms with E-state index in [4.69, 9.17) is 4.42 Å². The quantitative estimate of drug-likeness (QED) is 0.581. The number of pyridine rings is 2. The lowest BCUT2D eigenvalue weighted by Crippen LogP contribution is -2.17. The summed E-state index contributed by atoms with van der Waals surface area (Å²) in [6.45, 7) is 0.258. The van der Waals surface area contributed by atoms with Crippen molar-refractivity contribution in [2.45, 2.75) is 6.54 Å². The van der Waals surface area contributed by atoms with Crippen molar-refractivity contribution in [1.29, 1.82) is 0 Å². The molecule has 0 N–H and O–H groups in total. The first-order chi connectivity index (χ1) is 11.3. The van der Waals surface area contributed by atoms with E-state index in [9.17, 15) is 4.79 Å². The number of fused-ring (bicyclic) bond motifs is 1. The molecular weight excluding hydrogens is 292 g/mol. The molecule has 0 aliphatic rings. The number of aromatic nitrogens is 4. The van der Waals surface area contributed by atoms with Gasteiger partial charge in [0.05, 0.1) is 12.2 Å². The summed E-state index contributed by atoms with van der Waals surface area (Å²) in [5.41, 5.74) is 1.29. The second kappa shape index (κ2) is 5.49. The van der Waals surface area contributed by atoms with E-state index in [1.165, 1.54) is 4.68 Å². The molecule has 0 aliphatic heterocycles. The fourth-order valence-electron chi connectivity index (χ4n) is 2.44. The summed E-state index contributed by atoms with van der Waals surface area (Å²) in [5, 5.41) is 6.16. The van der Waals surface area contributed by atoms with E-state index in [0.717, 1.165) is 16.5 Å². The number of hydrogen-bond donors (Lipinski definition) is 0. The van der Waals surface area contributed by atoms with Crippen LogP contribution in [0.3, 0.4) is 0 Å². The molecule has 0 amide bonds. The van der Waals surface area contributed by atoms with Gasteiger partial charge in [0.2, 0.25) is 0 Å². The van der Waals surface area contributed by atoms with Gasteiger partial charge in [0.1, 0.15) is 5.69 Å². The van der Waals surface area contributed by atoms with Gasteiger partial charge in [-0.2, -0.15) is 4.68 Å². The zero-order valence-electron chi connectivity index (χ0n) is 12.1. The molecule has 0 unspecified atom stereocenters. The predicted octanol–water partition coefficient (Wildman–Crippen LogP) is 2.49. The van der Waals surface area contributed by atoms with Gasteiger partial charge in [-0.25, -0.2) is 4.79 Å². The van der Waals surface area contributed by atoms with Gasteiger partial charge in [-0.15, -0.1) is 5.10 Å². The first-order valence-corrected chi connectivity index (χ1v) is 7.13. The maximum Gasteiger partial charge on any atom is 0.437 e. The van der Waals surface area contributed by atoms with Gasteiger partial charge in [0.15, 0.2) is 0 Å². The molecule has 4 rings (SSSR count). The molecule has 1 aromatic carbocycles. The maximum atomic E-state index is 12.0. The number of nitrogens with zero attached hydrogens (tertiary/aromatic N) is 4. The molecule has 3 heterocycles. The minimum Gasteiger partial charge on any atom is -0.386 e. The molecule has 0 bridgehead atoms. The Kier molecular flexibility index (Phi) is 3.20. The third-order valence-corrected chi connectivity index (χ3v) is 3.52. The van der Waals surface area contributed by atoms with E-state index >= 15 is 0 Å². The van der Waals surface area contributed by atoms with E-state index in [1.807, 2.05) is 48.5 Å². The minimum absolute atomic E-state index is 0.211. The Morgan fingerprint density at radius 3 is 2.70 bits per heavy atom. The molecule has 3 aromatic heterocycles. The fraction of sp³-hybridized carbons (Fsp3) is 0.0588. The SMILES string of the molecule is O=c1oc(-c2nccc3ccccc23)nn1Cc1ccccn1. The molecule has 0 radical (unpaired) electrons. The maximum absolute atomic E-state index is 12.0. The molecule has 0 saturated carbocycles. The summed E-state index contributed by atoms with van der Waals surface area (Å²) in [4.78, 5) is 20.5. The van der Waals surface area contributed by atoms with E-state index in [0.29, 0.717) is 5.69 Å². The van der Waals surface area contributed by atoms with Crippen LogP contribution in [-0.2, 0) is 6.54 Å². The van der Waals surface area contributed by atoms with Crippen molar-refractivity contribution in [2.24, 2.45) is 0 Å². The number of hydrogen-bond acceptors (Lipinski definition) is 5. The summed E-state index contributed by atoms with van der Waals surface area (Å²) in [6, 6.07) is 15.2. The highest BCUT2D eigenvalue weighted by molar-refractivity contribution is 5.92. The number of benzene rings is 1. The first-order valence-electron chi connectivity index (χ1n) is 7.13. The molecule has 0 atom stereocenters. The molecule has 6 heteroatoms. The van der Waals surface area contributed by atoms with E-state index in [2.05, 4.69) is 15.1 Å². The van der Waals surface area contributed by atoms with Gasteiger partial charge in [0.25, 0.3) is 5.89 Å². The van der Waals surface area contributed by atoms with Gasteiger partial charge >= 0.3 is 5.76 Å². The lowest BCUT2D eigenvalue weighted by Gasteiger charge is -2.00. The van der Waals surface area contributed by atoms with Crippen molar-refractivity contribution < 1.29 is 4.42 Å². The van der Waals surface area contributed by atoms with Crippen LogP contribution in [-0.4, -0.2) is 19.7 Å². The van der Waals surface area contributed by atoms with Crippen molar-refractivity contribution in [3.63, 3.8) is 0 Å². The van der Waals surface area contributed by atoms with Gasteiger partial charge < -0.3 is 4.42 Å². The lowest BCUT2D eigenvalue weighted by atomic mass is 10.1. The topological polar surface area (TPSA) is 73.8 Å². The van der Waals surface area contributed by atoms with E-state index < -0.39 is 5.76 Å². The Morgan fingerprint density at radius 1 is 0.957 bits per heavy atom. The summed E-state index contributed by atoms with van der Waals surface area (Å²) in [6.07, 6.45) is 3.35. The highest BCUT2D eigenvalue weighted by Crippen LogP contribution is 2.23. The Bertz CT molecular complexity index is 1020. The van der Waals surface area contributed by atoms with Crippen molar-refractivity contribution in [1.82, 2.24) is 19.7 Å². The van der Waals surface area contributed by atoms with Gasteiger partial charge in [-0.3, -0.25) is 9.97 Å². The molecule has 0 aliphatic carbocycles. The second-order valence-electron chi connectivity index (χ2n) is 5.03. The summed E-state index contributed by atoms with van der Waals surface area (Å²) >= 11 is 0. The molecule has 0 spiro atoms. The Morgan fingerprint density at radius 2 is 1.83 bits per heavy atom. The zero-order chi connectivity index (χ0) is 15.6. The average molecular weight is 304 g/mol. The van der Waals surface area contributed by atoms with Crippen LogP contribution < -0.4 is 5.76 Å². The molecule has 0 fully saturated rings. The molecular formula is C17H12N4O2. The predicted molar refractivity (Wildman–Crippen MR) is 84.8 cm³/mol. The van der Waals surface area contributed by atoms with Crippen molar-refractivity contribution in [2.75, 3.05) is 0 Å². The van der Waals surface area contributed by atoms with Crippen molar-refractivity contribution >= 4 is 10.8 Å². The molecule has 4 aromatic rings. The second-order valence-corrected chi connectivity index (χ2v) is 5.03. The largest absolute Gasteiger partial charge is 0.437 e. The van der Waals surface area contributed by atoms with Gasteiger partial charge in [-0.05, 0) is 23.6 Å². The molecule has 112 valence electrons. The highest BCUT2D eigenvalue weighted by atomic mass is 16.4. The van der Waals surface area contributed by atoms with Crippen LogP contribution in [0.15, 0.2) is 70.1 Å². The Labute approximate surface area is 131 Å². The number of rotatable bonds is 3. The van der Waals surface area contributed by atoms with E-state index in [-0.39, 0.29) is 12.4 Å². The summed E-state index contributed by atoms with van der Waals surface area (Å²) < 4.78 is 6.54. The smallest absolute Gasteiger partial charge is 0.386 e.